The van der Waals surface area contributed by atoms with Gasteiger partial charge in [-0.2, -0.15) is 0 Å². The Labute approximate surface area is 130 Å². The van der Waals surface area contributed by atoms with Gasteiger partial charge in [0.15, 0.2) is 0 Å². The van der Waals surface area contributed by atoms with Crippen molar-refractivity contribution in [2.45, 2.75) is 65.1 Å². The van der Waals surface area contributed by atoms with Gasteiger partial charge < -0.3 is 5.32 Å². The first-order valence-electron chi connectivity index (χ1n) is 8.53. The molecule has 118 valence electrons. The van der Waals surface area contributed by atoms with Crippen LogP contribution < -0.4 is 5.32 Å². The van der Waals surface area contributed by atoms with E-state index in [4.69, 9.17) is 0 Å². The molecule has 1 N–H and O–H groups in total. The van der Waals surface area contributed by atoms with E-state index in [1.165, 1.54) is 25.0 Å². The second-order valence-corrected chi connectivity index (χ2v) is 6.51. The third-order valence-corrected chi connectivity index (χ3v) is 5.51. The lowest BCUT2D eigenvalue weighted by Gasteiger charge is -2.50. The summed E-state index contributed by atoms with van der Waals surface area (Å²) in [6.07, 6.45) is 5.52. The standard InChI is InChI=1S/C18H31N3/c1-5-15(4)17-13-21(12-16-10-8-9-11-19-16)18(6-2,7-3)14-20-17/h8-11,15,17,20H,5-7,12-14H2,1-4H3. The molecule has 3 heteroatoms. The van der Waals surface area contributed by atoms with Gasteiger partial charge in [-0.05, 0) is 30.9 Å². The van der Waals surface area contributed by atoms with Gasteiger partial charge in [0.25, 0.3) is 0 Å². The van der Waals surface area contributed by atoms with E-state index in [2.05, 4.69) is 55.0 Å². The Bertz CT molecular complexity index is 414. The fourth-order valence-electron chi connectivity index (χ4n) is 3.46. The Balaban J connectivity index is 2.16. The highest BCUT2D eigenvalue weighted by Crippen LogP contribution is 2.30. The molecule has 1 saturated heterocycles. The van der Waals surface area contributed by atoms with Crippen molar-refractivity contribution in [3.8, 4) is 0 Å². The zero-order valence-electron chi connectivity index (χ0n) is 14.1. The largest absolute Gasteiger partial charge is 0.311 e. The van der Waals surface area contributed by atoms with E-state index in [1.54, 1.807) is 0 Å². The summed E-state index contributed by atoms with van der Waals surface area (Å²) in [6, 6.07) is 6.84. The van der Waals surface area contributed by atoms with Crippen molar-refractivity contribution >= 4 is 0 Å². The van der Waals surface area contributed by atoms with E-state index in [9.17, 15) is 0 Å². The van der Waals surface area contributed by atoms with Crippen LogP contribution in [0.4, 0.5) is 0 Å². The van der Waals surface area contributed by atoms with Crippen LogP contribution in [0, 0.1) is 5.92 Å². The number of rotatable bonds is 6. The smallest absolute Gasteiger partial charge is 0.0544 e. The third-order valence-electron chi connectivity index (χ3n) is 5.51. The quantitative estimate of drug-likeness (QED) is 0.869. The molecule has 0 spiro atoms. The van der Waals surface area contributed by atoms with Crippen molar-refractivity contribution in [2.24, 2.45) is 5.92 Å². The Morgan fingerprint density at radius 1 is 1.33 bits per heavy atom. The molecule has 0 bridgehead atoms. The third kappa shape index (κ3) is 3.64. The zero-order chi connectivity index (χ0) is 15.3. The topological polar surface area (TPSA) is 28.2 Å². The Morgan fingerprint density at radius 3 is 2.67 bits per heavy atom. The number of pyridine rings is 1. The molecule has 21 heavy (non-hydrogen) atoms. The van der Waals surface area contributed by atoms with Crippen LogP contribution in [0.25, 0.3) is 0 Å². The molecule has 3 nitrogen and oxygen atoms in total. The first-order valence-corrected chi connectivity index (χ1v) is 8.53. The summed E-state index contributed by atoms with van der Waals surface area (Å²) in [4.78, 5) is 7.22. The molecular weight excluding hydrogens is 258 g/mol. The number of aromatic nitrogens is 1. The Hall–Kier alpha value is -0.930. The molecule has 0 aromatic carbocycles. The number of piperazine rings is 1. The van der Waals surface area contributed by atoms with Gasteiger partial charge in [-0.3, -0.25) is 9.88 Å². The van der Waals surface area contributed by atoms with Gasteiger partial charge in [-0.1, -0.05) is 40.2 Å². The van der Waals surface area contributed by atoms with Crippen molar-refractivity contribution in [2.75, 3.05) is 13.1 Å². The van der Waals surface area contributed by atoms with Crippen LogP contribution >= 0.6 is 0 Å². The number of nitrogens with zero attached hydrogens (tertiary/aromatic N) is 2. The summed E-state index contributed by atoms with van der Waals surface area (Å²) < 4.78 is 0. The lowest BCUT2D eigenvalue weighted by atomic mass is 9.84. The minimum Gasteiger partial charge on any atom is -0.311 e. The van der Waals surface area contributed by atoms with Gasteiger partial charge in [-0.15, -0.1) is 0 Å². The maximum absolute atomic E-state index is 4.53. The van der Waals surface area contributed by atoms with E-state index in [0.717, 1.165) is 25.6 Å². The molecule has 1 aromatic heterocycles. The first kappa shape index (κ1) is 16.4. The highest BCUT2D eigenvalue weighted by Gasteiger charge is 2.39. The Morgan fingerprint density at radius 2 is 2.10 bits per heavy atom. The number of nitrogens with one attached hydrogen (secondary N) is 1. The van der Waals surface area contributed by atoms with Crippen molar-refractivity contribution in [3.05, 3.63) is 30.1 Å². The fourth-order valence-corrected chi connectivity index (χ4v) is 3.46. The summed E-state index contributed by atoms with van der Waals surface area (Å²) in [5, 5.41) is 3.82. The van der Waals surface area contributed by atoms with Crippen molar-refractivity contribution in [1.29, 1.82) is 0 Å². The summed E-state index contributed by atoms with van der Waals surface area (Å²) in [7, 11) is 0. The molecule has 1 fully saturated rings. The second kappa shape index (κ2) is 7.37. The molecule has 0 amide bonds. The van der Waals surface area contributed by atoms with Crippen molar-refractivity contribution < 1.29 is 0 Å². The summed E-state index contributed by atoms with van der Waals surface area (Å²) in [5.41, 5.74) is 1.47. The molecule has 0 aliphatic carbocycles. The summed E-state index contributed by atoms with van der Waals surface area (Å²) in [5.74, 6) is 0.725. The van der Waals surface area contributed by atoms with Crippen LogP contribution in [0.1, 0.15) is 52.7 Å². The van der Waals surface area contributed by atoms with Gasteiger partial charge >= 0.3 is 0 Å². The molecule has 1 aromatic rings. The van der Waals surface area contributed by atoms with Gasteiger partial charge in [0, 0.05) is 37.4 Å². The Kier molecular flexibility index (Phi) is 5.77. The summed E-state index contributed by atoms with van der Waals surface area (Å²) >= 11 is 0. The minimum atomic E-state index is 0.279. The lowest BCUT2D eigenvalue weighted by Crippen LogP contribution is -2.65. The van der Waals surface area contributed by atoms with Gasteiger partial charge in [0.05, 0.1) is 5.69 Å². The molecule has 1 aliphatic heterocycles. The highest BCUT2D eigenvalue weighted by atomic mass is 15.3. The molecule has 0 saturated carbocycles. The predicted octanol–water partition coefficient (Wildman–Crippen LogP) is 3.46. The molecule has 2 unspecified atom stereocenters. The van der Waals surface area contributed by atoms with Gasteiger partial charge in [0.2, 0.25) is 0 Å². The SMILES string of the molecule is CCC(C)C1CN(Cc2ccccn2)C(CC)(CC)CN1. The number of hydrogen-bond acceptors (Lipinski definition) is 3. The van der Waals surface area contributed by atoms with Gasteiger partial charge in [-0.25, -0.2) is 0 Å². The van der Waals surface area contributed by atoms with E-state index in [1.807, 2.05) is 12.3 Å². The summed E-state index contributed by atoms with van der Waals surface area (Å²) in [6.45, 7) is 12.5. The van der Waals surface area contributed by atoms with Crippen LogP contribution in [0.2, 0.25) is 0 Å². The van der Waals surface area contributed by atoms with Crippen molar-refractivity contribution in [1.82, 2.24) is 15.2 Å². The average Bonchev–Trinajstić information content (AvgIpc) is 2.55. The number of hydrogen-bond donors (Lipinski definition) is 1. The molecular formula is C18H31N3. The predicted molar refractivity (Wildman–Crippen MR) is 89.2 cm³/mol. The van der Waals surface area contributed by atoms with E-state index in [-0.39, 0.29) is 5.54 Å². The maximum Gasteiger partial charge on any atom is 0.0544 e. The van der Waals surface area contributed by atoms with Crippen molar-refractivity contribution in [3.63, 3.8) is 0 Å². The first-order chi connectivity index (χ1) is 10.1. The molecule has 0 radical (unpaired) electrons. The molecule has 2 rings (SSSR count). The molecule has 2 atom stereocenters. The van der Waals surface area contributed by atoms with Crippen LogP contribution in [0.15, 0.2) is 24.4 Å². The van der Waals surface area contributed by atoms with E-state index >= 15 is 0 Å². The normalized spacial score (nSPS) is 23.9. The molecule has 2 heterocycles. The van der Waals surface area contributed by atoms with Crippen LogP contribution in [0.3, 0.4) is 0 Å². The van der Waals surface area contributed by atoms with E-state index in [0.29, 0.717) is 6.04 Å². The maximum atomic E-state index is 4.53. The average molecular weight is 289 g/mol. The fraction of sp³-hybridized carbons (Fsp3) is 0.722. The highest BCUT2D eigenvalue weighted by molar-refractivity contribution is 5.07. The lowest BCUT2D eigenvalue weighted by molar-refractivity contribution is 0.0127. The van der Waals surface area contributed by atoms with Gasteiger partial charge in [0.1, 0.15) is 0 Å². The minimum absolute atomic E-state index is 0.279. The zero-order valence-corrected chi connectivity index (χ0v) is 14.1. The van der Waals surface area contributed by atoms with Crippen LogP contribution in [-0.2, 0) is 6.54 Å². The van der Waals surface area contributed by atoms with Crippen LogP contribution in [0.5, 0.6) is 0 Å². The monoisotopic (exact) mass is 289 g/mol. The van der Waals surface area contributed by atoms with E-state index < -0.39 is 0 Å². The van der Waals surface area contributed by atoms with Crippen LogP contribution in [-0.4, -0.2) is 34.6 Å². The second-order valence-electron chi connectivity index (χ2n) is 6.51. The molecule has 1 aliphatic rings.